The van der Waals surface area contributed by atoms with Crippen molar-refractivity contribution in [3.63, 3.8) is 0 Å². The smallest absolute Gasteiger partial charge is 0.341 e. The second-order valence-electron chi connectivity index (χ2n) is 5.59. The quantitative estimate of drug-likeness (QED) is 0.527. The van der Waals surface area contributed by atoms with Gasteiger partial charge in [-0.25, -0.2) is 4.79 Å². The van der Waals surface area contributed by atoms with Gasteiger partial charge in [-0.1, -0.05) is 6.07 Å². The van der Waals surface area contributed by atoms with Crippen molar-refractivity contribution >= 4 is 45.5 Å². The number of hydrogen-bond acceptors (Lipinski definition) is 6. The highest BCUT2D eigenvalue weighted by molar-refractivity contribution is 7.16. The number of esters is 1. The van der Waals surface area contributed by atoms with Gasteiger partial charge in [0.05, 0.1) is 17.0 Å². The lowest BCUT2D eigenvalue weighted by atomic mass is 10.1. The van der Waals surface area contributed by atoms with Gasteiger partial charge in [-0.15, -0.1) is 22.7 Å². The van der Waals surface area contributed by atoms with Gasteiger partial charge in [0.15, 0.2) is 0 Å². The molecule has 0 aliphatic rings. The lowest BCUT2D eigenvalue weighted by Gasteiger charge is -2.07. The maximum Gasteiger partial charge on any atom is 0.341 e. The summed E-state index contributed by atoms with van der Waals surface area (Å²) in [6, 6.07) is 3.57. The second kappa shape index (κ2) is 9.49. The van der Waals surface area contributed by atoms with E-state index in [1.807, 2.05) is 25.3 Å². The largest absolute Gasteiger partial charge is 0.462 e. The molecule has 0 aliphatic heterocycles. The molecule has 0 atom stereocenters. The number of anilines is 1. The van der Waals surface area contributed by atoms with Crippen molar-refractivity contribution in [2.24, 2.45) is 0 Å². The van der Waals surface area contributed by atoms with Gasteiger partial charge in [0.25, 0.3) is 5.91 Å². The number of hydrogen-bond donors (Lipinski definition) is 2. The summed E-state index contributed by atoms with van der Waals surface area (Å²) in [6.07, 6.45) is 0.768. The minimum Gasteiger partial charge on any atom is -0.462 e. The number of thiophene rings is 2. The monoisotopic (exact) mass is 394 g/mol. The van der Waals surface area contributed by atoms with Crippen molar-refractivity contribution in [3.05, 3.63) is 38.4 Å². The molecule has 2 rings (SSSR count). The van der Waals surface area contributed by atoms with Crippen LogP contribution in [-0.2, 0) is 9.53 Å². The topological polar surface area (TPSA) is 84.5 Å². The maximum atomic E-state index is 12.2. The standard InChI is InChI=1S/C18H22N2O4S2/c1-4-24-18(23)15-11(2)12(3)26-17(15)20-14(21)8-5-9-19-16(22)13-7-6-10-25-13/h6-7,10H,4-5,8-9H2,1-3H3,(H,19,22)(H,20,21). The molecular formula is C18H22N2O4S2. The van der Waals surface area contributed by atoms with Crippen LogP contribution in [0.3, 0.4) is 0 Å². The molecular weight excluding hydrogens is 372 g/mol. The predicted molar refractivity (Wildman–Crippen MR) is 104 cm³/mol. The third kappa shape index (κ3) is 5.15. The average Bonchev–Trinajstić information content (AvgIpc) is 3.21. The van der Waals surface area contributed by atoms with Crippen LogP contribution in [0.1, 0.15) is 50.2 Å². The van der Waals surface area contributed by atoms with Crippen LogP contribution in [0, 0.1) is 13.8 Å². The highest BCUT2D eigenvalue weighted by atomic mass is 32.1. The van der Waals surface area contributed by atoms with Gasteiger partial charge in [0.1, 0.15) is 5.00 Å². The van der Waals surface area contributed by atoms with E-state index in [0.717, 1.165) is 10.4 Å². The Hall–Kier alpha value is -2.19. The van der Waals surface area contributed by atoms with Crippen molar-refractivity contribution in [3.8, 4) is 0 Å². The fraction of sp³-hybridized carbons (Fsp3) is 0.389. The first-order valence-electron chi connectivity index (χ1n) is 8.32. The summed E-state index contributed by atoms with van der Waals surface area (Å²) >= 11 is 2.74. The van der Waals surface area contributed by atoms with Gasteiger partial charge in [0, 0.05) is 17.8 Å². The van der Waals surface area contributed by atoms with Crippen LogP contribution in [0.5, 0.6) is 0 Å². The summed E-state index contributed by atoms with van der Waals surface area (Å²) < 4.78 is 5.07. The Balaban J connectivity index is 1.85. The summed E-state index contributed by atoms with van der Waals surface area (Å²) in [5.74, 6) is -0.746. The third-order valence-electron chi connectivity index (χ3n) is 3.73. The van der Waals surface area contributed by atoms with Crippen LogP contribution in [0.25, 0.3) is 0 Å². The third-order valence-corrected chi connectivity index (χ3v) is 5.72. The fourth-order valence-electron chi connectivity index (χ4n) is 2.30. The minimum atomic E-state index is -0.423. The Morgan fingerprint density at radius 2 is 2.00 bits per heavy atom. The number of amides is 2. The minimum absolute atomic E-state index is 0.130. The molecule has 0 spiro atoms. The van der Waals surface area contributed by atoms with E-state index in [-0.39, 0.29) is 24.8 Å². The SMILES string of the molecule is CCOC(=O)c1c(NC(=O)CCCNC(=O)c2cccs2)sc(C)c1C. The van der Waals surface area contributed by atoms with Gasteiger partial charge < -0.3 is 15.4 Å². The van der Waals surface area contributed by atoms with E-state index in [9.17, 15) is 14.4 Å². The van der Waals surface area contributed by atoms with E-state index in [1.165, 1.54) is 22.7 Å². The first-order valence-corrected chi connectivity index (χ1v) is 10.0. The summed E-state index contributed by atoms with van der Waals surface area (Å²) in [5, 5.41) is 7.94. The lowest BCUT2D eigenvalue weighted by Crippen LogP contribution is -2.24. The maximum absolute atomic E-state index is 12.2. The molecule has 26 heavy (non-hydrogen) atoms. The summed E-state index contributed by atoms with van der Waals surface area (Å²) in [5.41, 5.74) is 1.25. The van der Waals surface area contributed by atoms with E-state index >= 15 is 0 Å². The number of carbonyl (C=O) groups excluding carboxylic acids is 3. The molecule has 2 aromatic rings. The van der Waals surface area contributed by atoms with Crippen molar-refractivity contribution in [1.82, 2.24) is 5.32 Å². The molecule has 2 heterocycles. The van der Waals surface area contributed by atoms with Crippen LogP contribution in [0.15, 0.2) is 17.5 Å². The molecule has 140 valence electrons. The van der Waals surface area contributed by atoms with E-state index in [4.69, 9.17) is 4.74 Å². The number of ether oxygens (including phenoxy) is 1. The molecule has 0 fully saturated rings. The zero-order valence-electron chi connectivity index (χ0n) is 15.0. The first kappa shape index (κ1) is 20.1. The van der Waals surface area contributed by atoms with Crippen molar-refractivity contribution in [2.45, 2.75) is 33.6 Å². The fourth-order valence-corrected chi connectivity index (χ4v) is 4.00. The first-order chi connectivity index (χ1) is 12.4. The van der Waals surface area contributed by atoms with Crippen LogP contribution < -0.4 is 10.6 Å². The number of nitrogens with one attached hydrogen (secondary N) is 2. The highest BCUT2D eigenvalue weighted by Crippen LogP contribution is 2.33. The summed E-state index contributed by atoms with van der Waals surface area (Å²) in [4.78, 5) is 37.7. The zero-order chi connectivity index (χ0) is 19.1. The zero-order valence-corrected chi connectivity index (χ0v) is 16.6. The Labute approximate surface area is 160 Å². The molecule has 0 saturated heterocycles. The Kier molecular flexibility index (Phi) is 7.35. The molecule has 2 amide bonds. The summed E-state index contributed by atoms with van der Waals surface area (Å²) in [6.45, 7) is 6.18. The molecule has 0 aromatic carbocycles. The molecule has 0 radical (unpaired) electrons. The molecule has 8 heteroatoms. The van der Waals surface area contributed by atoms with E-state index < -0.39 is 5.97 Å². The Bertz CT molecular complexity index is 781. The molecule has 2 aromatic heterocycles. The molecule has 0 saturated carbocycles. The molecule has 0 aliphatic carbocycles. The number of rotatable bonds is 8. The van der Waals surface area contributed by atoms with Gasteiger partial charge >= 0.3 is 5.97 Å². The molecule has 2 N–H and O–H groups in total. The van der Waals surface area contributed by atoms with E-state index in [0.29, 0.717) is 28.4 Å². The normalized spacial score (nSPS) is 10.4. The van der Waals surface area contributed by atoms with Crippen molar-refractivity contribution in [1.29, 1.82) is 0 Å². The van der Waals surface area contributed by atoms with Gasteiger partial charge in [-0.2, -0.15) is 0 Å². The van der Waals surface area contributed by atoms with Crippen molar-refractivity contribution < 1.29 is 19.1 Å². The van der Waals surface area contributed by atoms with Crippen LogP contribution in [0.2, 0.25) is 0 Å². The average molecular weight is 395 g/mol. The van der Waals surface area contributed by atoms with Crippen LogP contribution >= 0.6 is 22.7 Å². The summed E-state index contributed by atoms with van der Waals surface area (Å²) in [7, 11) is 0. The number of aryl methyl sites for hydroxylation is 1. The predicted octanol–water partition coefficient (Wildman–Crippen LogP) is 3.75. The molecule has 0 unspecified atom stereocenters. The molecule has 0 bridgehead atoms. The van der Waals surface area contributed by atoms with Crippen LogP contribution in [0.4, 0.5) is 5.00 Å². The van der Waals surface area contributed by atoms with E-state index in [1.54, 1.807) is 13.0 Å². The highest BCUT2D eigenvalue weighted by Gasteiger charge is 2.21. The molecule has 6 nitrogen and oxygen atoms in total. The number of carbonyl (C=O) groups is 3. The van der Waals surface area contributed by atoms with Crippen LogP contribution in [-0.4, -0.2) is 30.9 Å². The van der Waals surface area contributed by atoms with E-state index in [2.05, 4.69) is 10.6 Å². The van der Waals surface area contributed by atoms with Gasteiger partial charge in [-0.3, -0.25) is 9.59 Å². The van der Waals surface area contributed by atoms with Gasteiger partial charge in [0.2, 0.25) is 5.91 Å². The lowest BCUT2D eigenvalue weighted by molar-refractivity contribution is -0.116. The van der Waals surface area contributed by atoms with Gasteiger partial charge in [-0.05, 0) is 44.2 Å². The second-order valence-corrected chi connectivity index (χ2v) is 7.77. The Morgan fingerprint density at radius 3 is 2.65 bits per heavy atom. The Morgan fingerprint density at radius 1 is 1.23 bits per heavy atom. The van der Waals surface area contributed by atoms with Crippen molar-refractivity contribution in [2.75, 3.05) is 18.5 Å².